The van der Waals surface area contributed by atoms with Gasteiger partial charge in [-0.1, -0.05) is 43.7 Å². The Morgan fingerprint density at radius 2 is 2.06 bits per heavy atom. The number of unbranched alkanes of at least 4 members (excludes halogenated alkanes) is 1. The number of nitrogens with zero attached hydrogens (tertiary/aromatic N) is 1. The van der Waals surface area contributed by atoms with E-state index in [0.717, 1.165) is 17.1 Å². The maximum atomic E-state index is 9.46. The van der Waals surface area contributed by atoms with E-state index in [1.807, 2.05) is 49.1 Å². The Bertz CT molecular complexity index is 358. The van der Waals surface area contributed by atoms with Gasteiger partial charge in [-0.05, 0) is 24.8 Å². The molecule has 0 fully saturated rings. The maximum Gasteiger partial charge on any atom is 0.141 e. The lowest BCUT2D eigenvalue weighted by Gasteiger charge is -2.26. The zero-order valence-electron chi connectivity index (χ0n) is 10.6. The number of nitrogens with one attached hydrogen (secondary N) is 1. The third kappa shape index (κ3) is 3.76. The molecule has 1 aromatic carbocycles. The summed E-state index contributed by atoms with van der Waals surface area (Å²) in [6.45, 7) is 2.19. The molecule has 1 N–H and O–H groups in total. The molecule has 0 aliphatic carbocycles. The van der Waals surface area contributed by atoms with E-state index in [4.69, 9.17) is 0 Å². The zero-order chi connectivity index (χ0) is 12.6. The predicted octanol–water partition coefficient (Wildman–Crippen LogP) is 3.16. The van der Waals surface area contributed by atoms with Gasteiger partial charge in [0.25, 0.3) is 0 Å². The van der Waals surface area contributed by atoms with Gasteiger partial charge < -0.3 is 0 Å². The first-order valence-electron chi connectivity index (χ1n) is 6.02. The molecule has 0 aliphatic heterocycles. The number of rotatable bonds is 7. The average Bonchev–Trinajstić information content (AvgIpc) is 2.41. The molecule has 1 atom stereocenters. The van der Waals surface area contributed by atoms with Crippen LogP contribution in [0.4, 0.5) is 0 Å². The van der Waals surface area contributed by atoms with Crippen LogP contribution in [0.1, 0.15) is 25.3 Å². The molecule has 0 heterocycles. The number of hydrogen-bond donors (Lipinski definition) is 1. The standard InChI is InChI=1S/C14H20N2S/c1-3-4-10-17-12-14(11-15,16-2)13-8-6-5-7-9-13/h5-9,16H,3-4,10,12H2,1-2H3. The molecule has 1 rings (SSSR count). The number of benzene rings is 1. The molecule has 0 aromatic heterocycles. The van der Waals surface area contributed by atoms with E-state index in [9.17, 15) is 5.26 Å². The molecule has 0 amide bonds. The number of thioether (sulfide) groups is 1. The van der Waals surface area contributed by atoms with Crippen molar-refractivity contribution in [1.82, 2.24) is 5.32 Å². The molecule has 0 aliphatic rings. The van der Waals surface area contributed by atoms with Crippen LogP contribution in [0.3, 0.4) is 0 Å². The van der Waals surface area contributed by atoms with E-state index in [1.165, 1.54) is 12.8 Å². The van der Waals surface area contributed by atoms with E-state index in [-0.39, 0.29) is 0 Å². The highest BCUT2D eigenvalue weighted by atomic mass is 32.2. The third-order valence-electron chi connectivity index (χ3n) is 2.85. The molecule has 2 nitrogen and oxygen atoms in total. The van der Waals surface area contributed by atoms with Crippen LogP contribution in [0.15, 0.2) is 30.3 Å². The highest BCUT2D eigenvalue weighted by molar-refractivity contribution is 7.99. The zero-order valence-corrected chi connectivity index (χ0v) is 11.4. The molecule has 0 spiro atoms. The molecule has 1 aromatic rings. The van der Waals surface area contributed by atoms with E-state index >= 15 is 0 Å². The smallest absolute Gasteiger partial charge is 0.141 e. The van der Waals surface area contributed by atoms with Crippen molar-refractivity contribution in [2.24, 2.45) is 0 Å². The Balaban J connectivity index is 2.73. The fourth-order valence-corrected chi connectivity index (χ4v) is 2.97. The Kier molecular flexibility index (Phi) is 6.10. The minimum Gasteiger partial charge on any atom is -0.298 e. The van der Waals surface area contributed by atoms with Crippen LogP contribution in [0, 0.1) is 11.3 Å². The topological polar surface area (TPSA) is 35.8 Å². The second-order valence-corrected chi connectivity index (χ2v) is 5.14. The summed E-state index contributed by atoms with van der Waals surface area (Å²) in [6, 6.07) is 12.4. The molecule has 0 saturated heterocycles. The van der Waals surface area contributed by atoms with Gasteiger partial charge >= 0.3 is 0 Å². The van der Waals surface area contributed by atoms with Crippen molar-refractivity contribution < 1.29 is 0 Å². The fourth-order valence-electron chi connectivity index (χ4n) is 1.65. The summed E-state index contributed by atoms with van der Waals surface area (Å²) in [5.41, 5.74) is 0.494. The van der Waals surface area contributed by atoms with Crippen molar-refractivity contribution in [2.75, 3.05) is 18.6 Å². The maximum absolute atomic E-state index is 9.46. The molecule has 0 bridgehead atoms. The third-order valence-corrected chi connectivity index (χ3v) is 4.06. The summed E-state index contributed by atoms with van der Waals surface area (Å²) in [6.07, 6.45) is 2.42. The lowest BCUT2D eigenvalue weighted by Crippen LogP contribution is -2.41. The molecule has 1 unspecified atom stereocenters. The van der Waals surface area contributed by atoms with Crippen molar-refractivity contribution in [3.8, 4) is 6.07 Å². The van der Waals surface area contributed by atoms with Gasteiger partial charge in [0.2, 0.25) is 0 Å². The van der Waals surface area contributed by atoms with Crippen LogP contribution in [-0.2, 0) is 5.54 Å². The lowest BCUT2D eigenvalue weighted by molar-refractivity contribution is 0.528. The molecule has 92 valence electrons. The van der Waals surface area contributed by atoms with Gasteiger partial charge in [-0.3, -0.25) is 5.32 Å². The second-order valence-electron chi connectivity index (χ2n) is 4.04. The summed E-state index contributed by atoms with van der Waals surface area (Å²) in [5, 5.41) is 12.6. The normalized spacial score (nSPS) is 13.9. The Labute approximate surface area is 108 Å². The molecule has 3 heteroatoms. The Morgan fingerprint density at radius 3 is 2.59 bits per heavy atom. The largest absolute Gasteiger partial charge is 0.298 e. The number of hydrogen-bond acceptors (Lipinski definition) is 3. The summed E-state index contributed by atoms with van der Waals surface area (Å²) in [4.78, 5) is 0. The summed E-state index contributed by atoms with van der Waals surface area (Å²) >= 11 is 1.84. The van der Waals surface area contributed by atoms with Crippen LogP contribution in [-0.4, -0.2) is 18.6 Å². The van der Waals surface area contributed by atoms with E-state index < -0.39 is 5.54 Å². The quantitative estimate of drug-likeness (QED) is 0.753. The van der Waals surface area contributed by atoms with Crippen LogP contribution in [0.25, 0.3) is 0 Å². The van der Waals surface area contributed by atoms with Gasteiger partial charge in [0.05, 0.1) is 6.07 Å². The lowest BCUT2D eigenvalue weighted by atomic mass is 9.94. The van der Waals surface area contributed by atoms with Crippen LogP contribution < -0.4 is 5.32 Å². The SMILES string of the molecule is CCCCSCC(C#N)(NC)c1ccccc1. The average molecular weight is 248 g/mol. The molecule has 0 saturated carbocycles. The number of nitriles is 1. The molecular formula is C14H20N2S. The highest BCUT2D eigenvalue weighted by Gasteiger charge is 2.29. The fraction of sp³-hybridized carbons (Fsp3) is 0.500. The Morgan fingerprint density at radius 1 is 1.35 bits per heavy atom. The van der Waals surface area contributed by atoms with Crippen molar-refractivity contribution in [3.63, 3.8) is 0 Å². The Hall–Kier alpha value is -0.980. The van der Waals surface area contributed by atoms with Gasteiger partial charge in [-0.15, -0.1) is 0 Å². The van der Waals surface area contributed by atoms with Crippen molar-refractivity contribution in [3.05, 3.63) is 35.9 Å². The summed E-state index contributed by atoms with van der Waals surface area (Å²) in [7, 11) is 1.86. The second kappa shape index (κ2) is 7.37. The monoisotopic (exact) mass is 248 g/mol. The minimum absolute atomic E-state index is 0.556. The van der Waals surface area contributed by atoms with Crippen molar-refractivity contribution >= 4 is 11.8 Å². The van der Waals surface area contributed by atoms with Crippen molar-refractivity contribution in [1.29, 1.82) is 5.26 Å². The van der Waals surface area contributed by atoms with Gasteiger partial charge in [0.15, 0.2) is 0 Å². The van der Waals surface area contributed by atoms with Crippen molar-refractivity contribution in [2.45, 2.75) is 25.3 Å². The predicted molar refractivity (Wildman–Crippen MR) is 75.0 cm³/mol. The summed E-state index contributed by atoms with van der Waals surface area (Å²) in [5.74, 6) is 1.92. The molecular weight excluding hydrogens is 228 g/mol. The van der Waals surface area contributed by atoms with E-state index in [0.29, 0.717) is 0 Å². The van der Waals surface area contributed by atoms with E-state index in [1.54, 1.807) is 0 Å². The molecule has 17 heavy (non-hydrogen) atoms. The minimum atomic E-state index is -0.556. The van der Waals surface area contributed by atoms with E-state index in [2.05, 4.69) is 18.3 Å². The summed E-state index contributed by atoms with van der Waals surface area (Å²) < 4.78 is 0. The first-order valence-corrected chi connectivity index (χ1v) is 7.18. The first-order chi connectivity index (χ1) is 8.29. The van der Waals surface area contributed by atoms with Gasteiger partial charge in [-0.2, -0.15) is 17.0 Å². The van der Waals surface area contributed by atoms with Crippen LogP contribution >= 0.6 is 11.8 Å². The van der Waals surface area contributed by atoms with Crippen LogP contribution in [0.5, 0.6) is 0 Å². The van der Waals surface area contributed by atoms with Crippen LogP contribution in [0.2, 0.25) is 0 Å². The highest BCUT2D eigenvalue weighted by Crippen LogP contribution is 2.25. The first kappa shape index (κ1) is 14.1. The van der Waals surface area contributed by atoms with Gasteiger partial charge in [0, 0.05) is 5.75 Å². The molecule has 0 radical (unpaired) electrons. The van der Waals surface area contributed by atoms with Gasteiger partial charge in [0.1, 0.15) is 5.54 Å². The van der Waals surface area contributed by atoms with Gasteiger partial charge in [-0.25, -0.2) is 0 Å².